The van der Waals surface area contributed by atoms with Gasteiger partial charge in [-0.1, -0.05) is 38.5 Å². The molecule has 2 aliphatic rings. The number of carbonyl (C=O) groups excluding carboxylic acids is 1. The van der Waals surface area contributed by atoms with Gasteiger partial charge in [-0.15, -0.1) is 0 Å². The SMILES string of the molecule is [C-]#[N+]c1ccc2c(c1)[C@@](N)(C(=O)OCC)[C@]1(CC[C@H](C)[C@@H](CC)C1)C2. The van der Waals surface area contributed by atoms with Gasteiger partial charge in [0.15, 0.2) is 5.69 Å². The lowest BCUT2D eigenvalue weighted by Crippen LogP contribution is -2.58. The average molecular weight is 340 g/mol. The van der Waals surface area contributed by atoms with Gasteiger partial charge >= 0.3 is 5.97 Å². The Kier molecular flexibility index (Phi) is 4.64. The van der Waals surface area contributed by atoms with Crippen LogP contribution in [0.1, 0.15) is 57.6 Å². The number of esters is 1. The molecule has 0 bridgehead atoms. The molecule has 2 aliphatic carbocycles. The Balaban J connectivity index is 2.13. The van der Waals surface area contributed by atoms with Crippen LogP contribution in [0, 0.1) is 23.8 Å². The van der Waals surface area contributed by atoms with E-state index in [2.05, 4.69) is 18.7 Å². The van der Waals surface area contributed by atoms with E-state index >= 15 is 0 Å². The molecule has 4 heteroatoms. The standard InChI is InChI=1S/C21H28N2O2/c1-5-15-12-20(10-9-14(15)3)13-16-7-8-17(23-4)11-18(16)21(20,22)19(24)25-6-2/h7-8,11,14-15H,5-6,9-10,12-13,22H2,1-3H3/t14-,15-,20-,21+/m0/s1. The smallest absolute Gasteiger partial charge is 0.331 e. The second-order valence-electron chi connectivity index (χ2n) is 7.83. The van der Waals surface area contributed by atoms with Gasteiger partial charge < -0.3 is 10.5 Å². The summed E-state index contributed by atoms with van der Waals surface area (Å²) in [6.07, 6.45) is 4.87. The van der Waals surface area contributed by atoms with Crippen LogP contribution in [-0.4, -0.2) is 12.6 Å². The molecule has 3 rings (SSSR count). The molecule has 1 saturated carbocycles. The highest BCUT2D eigenvalue weighted by Gasteiger charge is 2.62. The second-order valence-corrected chi connectivity index (χ2v) is 7.83. The van der Waals surface area contributed by atoms with Crippen LogP contribution in [0.15, 0.2) is 18.2 Å². The van der Waals surface area contributed by atoms with Crippen LogP contribution < -0.4 is 5.73 Å². The van der Waals surface area contributed by atoms with E-state index in [1.54, 1.807) is 0 Å². The Bertz CT molecular complexity index is 723. The Morgan fingerprint density at radius 3 is 2.84 bits per heavy atom. The highest BCUT2D eigenvalue weighted by molar-refractivity contribution is 5.86. The Morgan fingerprint density at radius 1 is 1.44 bits per heavy atom. The molecule has 25 heavy (non-hydrogen) atoms. The number of carbonyl (C=O) groups is 1. The fourth-order valence-electron chi connectivity index (χ4n) is 5.13. The van der Waals surface area contributed by atoms with Crippen molar-refractivity contribution >= 4 is 11.7 Å². The molecule has 0 aliphatic heterocycles. The largest absolute Gasteiger partial charge is 0.464 e. The van der Waals surface area contributed by atoms with E-state index in [1.165, 1.54) is 0 Å². The molecular weight excluding hydrogens is 312 g/mol. The van der Waals surface area contributed by atoms with Crippen molar-refractivity contribution < 1.29 is 9.53 Å². The van der Waals surface area contributed by atoms with E-state index in [0.29, 0.717) is 24.1 Å². The number of hydrogen-bond donors (Lipinski definition) is 1. The van der Waals surface area contributed by atoms with Gasteiger partial charge in [0.25, 0.3) is 0 Å². The summed E-state index contributed by atoms with van der Waals surface area (Å²) in [5.74, 6) is 0.894. The first-order chi connectivity index (χ1) is 11.9. The molecule has 0 unspecified atom stereocenters. The zero-order valence-electron chi connectivity index (χ0n) is 15.5. The third-order valence-corrected chi connectivity index (χ3v) is 6.67. The van der Waals surface area contributed by atoms with E-state index in [1.807, 2.05) is 25.1 Å². The number of benzene rings is 1. The van der Waals surface area contributed by atoms with E-state index in [-0.39, 0.29) is 11.4 Å². The number of nitrogens with zero attached hydrogens (tertiary/aromatic N) is 1. The highest BCUT2D eigenvalue weighted by Crippen LogP contribution is 2.59. The van der Waals surface area contributed by atoms with Crippen molar-refractivity contribution in [1.82, 2.24) is 0 Å². The Morgan fingerprint density at radius 2 is 2.20 bits per heavy atom. The van der Waals surface area contributed by atoms with Crippen LogP contribution >= 0.6 is 0 Å². The van der Waals surface area contributed by atoms with Gasteiger partial charge in [0.2, 0.25) is 0 Å². The zero-order valence-corrected chi connectivity index (χ0v) is 15.5. The van der Waals surface area contributed by atoms with Crippen molar-refractivity contribution in [3.63, 3.8) is 0 Å². The van der Waals surface area contributed by atoms with Crippen molar-refractivity contribution in [2.45, 2.75) is 58.4 Å². The minimum absolute atomic E-state index is 0.296. The maximum atomic E-state index is 13.1. The molecule has 0 aromatic heterocycles. The third-order valence-electron chi connectivity index (χ3n) is 6.67. The molecule has 0 heterocycles. The van der Waals surface area contributed by atoms with Gasteiger partial charge in [0, 0.05) is 5.41 Å². The lowest BCUT2D eigenvalue weighted by Gasteiger charge is -2.49. The third kappa shape index (κ3) is 2.57. The van der Waals surface area contributed by atoms with Crippen molar-refractivity contribution in [3.8, 4) is 0 Å². The summed E-state index contributed by atoms with van der Waals surface area (Å²) in [6.45, 7) is 14.0. The summed E-state index contributed by atoms with van der Waals surface area (Å²) in [5.41, 5.74) is 7.92. The summed E-state index contributed by atoms with van der Waals surface area (Å²) in [4.78, 5) is 16.6. The molecule has 0 amide bonds. The molecule has 1 aromatic carbocycles. The normalized spacial score (nSPS) is 33.7. The number of fused-ring (bicyclic) bond motifs is 1. The van der Waals surface area contributed by atoms with Crippen molar-refractivity contribution in [1.29, 1.82) is 0 Å². The average Bonchev–Trinajstić information content (AvgIpc) is 2.86. The fraction of sp³-hybridized carbons (Fsp3) is 0.619. The van der Waals surface area contributed by atoms with Crippen LogP contribution in [0.5, 0.6) is 0 Å². The summed E-state index contributed by atoms with van der Waals surface area (Å²) in [5, 5.41) is 0. The van der Waals surface area contributed by atoms with E-state index < -0.39 is 5.54 Å². The fourth-order valence-corrected chi connectivity index (χ4v) is 5.13. The van der Waals surface area contributed by atoms with Crippen molar-refractivity contribution in [3.05, 3.63) is 40.7 Å². The first-order valence-corrected chi connectivity index (χ1v) is 9.38. The summed E-state index contributed by atoms with van der Waals surface area (Å²) in [7, 11) is 0. The predicted molar refractivity (Wildman–Crippen MR) is 98.1 cm³/mol. The van der Waals surface area contributed by atoms with Gasteiger partial charge in [-0.25, -0.2) is 9.64 Å². The lowest BCUT2D eigenvalue weighted by molar-refractivity contribution is -0.158. The van der Waals surface area contributed by atoms with Crippen LogP contribution in [0.3, 0.4) is 0 Å². The van der Waals surface area contributed by atoms with Crippen LogP contribution in [-0.2, 0) is 21.5 Å². The van der Waals surface area contributed by atoms with Gasteiger partial charge in [-0.05, 0) is 55.6 Å². The van der Waals surface area contributed by atoms with Crippen LogP contribution in [0.2, 0.25) is 0 Å². The van der Waals surface area contributed by atoms with Gasteiger partial charge in [-0.2, -0.15) is 0 Å². The van der Waals surface area contributed by atoms with Gasteiger partial charge in [-0.3, -0.25) is 0 Å². The second kappa shape index (κ2) is 6.46. The first-order valence-electron chi connectivity index (χ1n) is 9.38. The molecule has 4 atom stereocenters. The predicted octanol–water partition coefficient (Wildman–Crippen LogP) is 4.34. The summed E-state index contributed by atoms with van der Waals surface area (Å²) in [6, 6.07) is 5.63. The minimum Gasteiger partial charge on any atom is -0.464 e. The number of hydrogen-bond acceptors (Lipinski definition) is 3. The zero-order chi connectivity index (χ0) is 18.2. The van der Waals surface area contributed by atoms with Gasteiger partial charge in [0.05, 0.1) is 13.2 Å². The minimum atomic E-state index is -1.15. The Hall–Kier alpha value is -1.86. The monoisotopic (exact) mass is 340 g/mol. The molecule has 134 valence electrons. The summed E-state index contributed by atoms with van der Waals surface area (Å²) >= 11 is 0. The molecule has 0 saturated heterocycles. The summed E-state index contributed by atoms with van der Waals surface area (Å²) < 4.78 is 5.44. The van der Waals surface area contributed by atoms with Crippen molar-refractivity contribution in [2.75, 3.05) is 6.61 Å². The molecule has 0 radical (unpaired) electrons. The number of nitrogens with two attached hydrogens (primary N) is 1. The van der Waals surface area contributed by atoms with Crippen LogP contribution in [0.25, 0.3) is 4.85 Å². The van der Waals surface area contributed by atoms with E-state index in [0.717, 1.165) is 43.2 Å². The Labute approximate surface area is 150 Å². The lowest BCUT2D eigenvalue weighted by atomic mass is 9.57. The number of rotatable bonds is 3. The van der Waals surface area contributed by atoms with Crippen molar-refractivity contribution in [2.24, 2.45) is 23.0 Å². The van der Waals surface area contributed by atoms with Crippen LogP contribution in [0.4, 0.5) is 5.69 Å². The van der Waals surface area contributed by atoms with E-state index in [4.69, 9.17) is 17.0 Å². The molecule has 2 N–H and O–H groups in total. The quantitative estimate of drug-likeness (QED) is 0.657. The molecule has 4 nitrogen and oxygen atoms in total. The molecule has 1 spiro atoms. The highest BCUT2D eigenvalue weighted by atomic mass is 16.5. The van der Waals surface area contributed by atoms with Gasteiger partial charge in [0.1, 0.15) is 5.54 Å². The van der Waals surface area contributed by atoms with E-state index in [9.17, 15) is 4.79 Å². The molecule has 1 fully saturated rings. The first kappa shape index (κ1) is 17.9. The topological polar surface area (TPSA) is 56.7 Å². The number of ether oxygens (including phenoxy) is 1. The maximum Gasteiger partial charge on any atom is 0.331 e. The molecular formula is C21H28N2O2. The maximum absolute atomic E-state index is 13.1. The molecule has 1 aromatic rings.